The zero-order chi connectivity index (χ0) is 5.33. The van der Waals surface area contributed by atoms with E-state index in [1.165, 1.54) is 0 Å². The van der Waals surface area contributed by atoms with Crippen molar-refractivity contribution < 1.29 is 9.94 Å². The van der Waals surface area contributed by atoms with E-state index in [0.717, 1.165) is 0 Å². The first-order valence-corrected chi connectivity index (χ1v) is 2.28. The Kier molecular flexibility index (Phi) is 1.03. The van der Waals surface area contributed by atoms with E-state index in [1.54, 1.807) is 6.92 Å². The SMILES string of the molecule is C[C@]1(O)CNOC1. The van der Waals surface area contributed by atoms with Crippen LogP contribution in [0.25, 0.3) is 0 Å². The molecule has 1 aliphatic heterocycles. The van der Waals surface area contributed by atoms with Gasteiger partial charge in [0.15, 0.2) is 0 Å². The van der Waals surface area contributed by atoms with Crippen molar-refractivity contribution in [1.82, 2.24) is 5.48 Å². The molecule has 0 unspecified atom stereocenters. The Morgan fingerprint density at radius 2 is 2.57 bits per heavy atom. The van der Waals surface area contributed by atoms with Gasteiger partial charge >= 0.3 is 0 Å². The van der Waals surface area contributed by atoms with Crippen LogP contribution in [0, 0.1) is 0 Å². The fourth-order valence-electron chi connectivity index (χ4n) is 0.464. The van der Waals surface area contributed by atoms with E-state index >= 15 is 0 Å². The van der Waals surface area contributed by atoms with Crippen molar-refractivity contribution in [2.45, 2.75) is 12.5 Å². The van der Waals surface area contributed by atoms with Crippen molar-refractivity contribution in [2.24, 2.45) is 0 Å². The highest BCUT2D eigenvalue weighted by Gasteiger charge is 2.25. The molecule has 0 aromatic rings. The third-order valence-corrected chi connectivity index (χ3v) is 0.938. The fourth-order valence-corrected chi connectivity index (χ4v) is 0.464. The smallest absolute Gasteiger partial charge is 0.102 e. The summed E-state index contributed by atoms with van der Waals surface area (Å²) in [5.74, 6) is 0. The van der Waals surface area contributed by atoms with Crippen LogP contribution in [0.4, 0.5) is 0 Å². The van der Waals surface area contributed by atoms with Gasteiger partial charge in [-0.2, -0.15) is 5.48 Å². The molecule has 0 aromatic carbocycles. The molecule has 1 heterocycles. The lowest BCUT2D eigenvalue weighted by atomic mass is 10.1. The first kappa shape index (κ1) is 5.03. The Morgan fingerprint density at radius 1 is 1.86 bits per heavy atom. The molecule has 1 aliphatic rings. The second kappa shape index (κ2) is 1.43. The summed E-state index contributed by atoms with van der Waals surface area (Å²) in [4.78, 5) is 4.66. The average molecular weight is 103 g/mol. The third kappa shape index (κ3) is 1.12. The molecule has 1 saturated heterocycles. The quantitative estimate of drug-likeness (QED) is 0.425. The minimum atomic E-state index is -0.639. The molecule has 3 heteroatoms. The monoisotopic (exact) mass is 103 g/mol. The number of β-amino-alcohol motifs (C(OH)–C–C–N with tert-alkyl or cyclic N) is 1. The van der Waals surface area contributed by atoms with Crippen LogP contribution in [0.1, 0.15) is 6.92 Å². The summed E-state index contributed by atoms with van der Waals surface area (Å²) in [7, 11) is 0. The van der Waals surface area contributed by atoms with Crippen molar-refractivity contribution in [1.29, 1.82) is 0 Å². The predicted octanol–water partition coefficient (Wildman–Crippen LogP) is -0.728. The van der Waals surface area contributed by atoms with E-state index in [-0.39, 0.29) is 0 Å². The van der Waals surface area contributed by atoms with Crippen molar-refractivity contribution in [3.05, 3.63) is 0 Å². The highest BCUT2D eigenvalue weighted by Crippen LogP contribution is 2.05. The maximum absolute atomic E-state index is 9.01. The minimum absolute atomic E-state index is 0.396. The fraction of sp³-hybridized carbons (Fsp3) is 1.00. The van der Waals surface area contributed by atoms with Crippen LogP contribution in [-0.4, -0.2) is 23.9 Å². The zero-order valence-corrected chi connectivity index (χ0v) is 4.27. The van der Waals surface area contributed by atoms with Gasteiger partial charge in [0.2, 0.25) is 0 Å². The lowest BCUT2D eigenvalue weighted by Gasteiger charge is -2.08. The average Bonchev–Trinajstić information content (AvgIpc) is 1.84. The molecule has 0 aliphatic carbocycles. The molecule has 42 valence electrons. The molecule has 0 amide bonds. The van der Waals surface area contributed by atoms with Gasteiger partial charge in [0, 0.05) is 0 Å². The van der Waals surface area contributed by atoms with E-state index in [0.29, 0.717) is 13.2 Å². The highest BCUT2D eigenvalue weighted by molar-refractivity contribution is 4.76. The number of hydrogen-bond acceptors (Lipinski definition) is 3. The van der Waals surface area contributed by atoms with Crippen LogP contribution in [0.3, 0.4) is 0 Å². The molecule has 0 bridgehead atoms. The van der Waals surface area contributed by atoms with Crippen LogP contribution in [0.2, 0.25) is 0 Å². The molecule has 1 fully saturated rings. The molecule has 1 rings (SSSR count). The van der Waals surface area contributed by atoms with Crippen LogP contribution in [0.15, 0.2) is 0 Å². The zero-order valence-electron chi connectivity index (χ0n) is 4.27. The molecule has 0 radical (unpaired) electrons. The van der Waals surface area contributed by atoms with Gasteiger partial charge in [-0.05, 0) is 6.92 Å². The summed E-state index contributed by atoms with van der Waals surface area (Å²) in [6.07, 6.45) is 0. The number of nitrogens with one attached hydrogen (secondary N) is 1. The third-order valence-electron chi connectivity index (χ3n) is 0.938. The van der Waals surface area contributed by atoms with Crippen molar-refractivity contribution in [2.75, 3.05) is 13.2 Å². The number of hydrogen-bond donors (Lipinski definition) is 2. The van der Waals surface area contributed by atoms with Gasteiger partial charge in [-0.15, -0.1) is 0 Å². The van der Waals surface area contributed by atoms with Crippen LogP contribution in [0.5, 0.6) is 0 Å². The first-order valence-electron chi connectivity index (χ1n) is 2.28. The van der Waals surface area contributed by atoms with Gasteiger partial charge in [-0.25, -0.2) is 0 Å². The minimum Gasteiger partial charge on any atom is -0.386 e. The lowest BCUT2D eigenvalue weighted by molar-refractivity contribution is 0.0343. The summed E-state index contributed by atoms with van der Waals surface area (Å²) >= 11 is 0. The Morgan fingerprint density at radius 3 is 2.71 bits per heavy atom. The standard InChI is InChI=1S/C4H9NO2/c1-4(6)2-5-7-3-4/h5-6H,2-3H2,1H3/t4-/m0/s1. The summed E-state index contributed by atoms with van der Waals surface area (Å²) in [5, 5.41) is 9.01. The maximum Gasteiger partial charge on any atom is 0.102 e. The molecule has 0 aromatic heterocycles. The van der Waals surface area contributed by atoms with Gasteiger partial charge in [-0.3, -0.25) is 4.84 Å². The highest BCUT2D eigenvalue weighted by atomic mass is 16.7. The summed E-state index contributed by atoms with van der Waals surface area (Å²) in [5.41, 5.74) is 1.92. The van der Waals surface area contributed by atoms with E-state index in [9.17, 15) is 0 Å². The summed E-state index contributed by atoms with van der Waals surface area (Å²) < 4.78 is 0. The Labute approximate surface area is 42.2 Å². The summed E-state index contributed by atoms with van der Waals surface area (Å²) in [6.45, 7) is 2.66. The molecule has 0 saturated carbocycles. The van der Waals surface area contributed by atoms with E-state index in [1.807, 2.05) is 0 Å². The Balaban J connectivity index is 2.40. The Hall–Kier alpha value is -0.120. The largest absolute Gasteiger partial charge is 0.386 e. The number of rotatable bonds is 0. The maximum atomic E-state index is 9.01. The topological polar surface area (TPSA) is 41.5 Å². The molecular formula is C4H9NO2. The first-order chi connectivity index (χ1) is 3.21. The molecule has 3 nitrogen and oxygen atoms in total. The summed E-state index contributed by atoms with van der Waals surface area (Å²) in [6, 6.07) is 0. The molecule has 0 spiro atoms. The van der Waals surface area contributed by atoms with Gasteiger partial charge < -0.3 is 5.11 Å². The lowest BCUT2D eigenvalue weighted by Crippen LogP contribution is -2.29. The van der Waals surface area contributed by atoms with Crippen LogP contribution in [-0.2, 0) is 4.84 Å². The van der Waals surface area contributed by atoms with E-state index in [4.69, 9.17) is 5.11 Å². The van der Waals surface area contributed by atoms with Gasteiger partial charge in [0.25, 0.3) is 0 Å². The van der Waals surface area contributed by atoms with Crippen molar-refractivity contribution in [3.63, 3.8) is 0 Å². The number of aliphatic hydroxyl groups is 1. The van der Waals surface area contributed by atoms with E-state index in [2.05, 4.69) is 10.3 Å². The van der Waals surface area contributed by atoms with E-state index < -0.39 is 5.60 Å². The second-order valence-electron chi connectivity index (χ2n) is 2.11. The normalized spacial score (nSPS) is 42.0. The molecule has 1 atom stereocenters. The van der Waals surface area contributed by atoms with Crippen LogP contribution >= 0.6 is 0 Å². The Bertz CT molecular complexity index is 64.1. The van der Waals surface area contributed by atoms with Gasteiger partial charge in [-0.1, -0.05) is 0 Å². The van der Waals surface area contributed by atoms with Gasteiger partial charge in [0.1, 0.15) is 5.60 Å². The second-order valence-corrected chi connectivity index (χ2v) is 2.11. The molecule has 7 heavy (non-hydrogen) atoms. The van der Waals surface area contributed by atoms with Crippen LogP contribution < -0.4 is 5.48 Å². The van der Waals surface area contributed by atoms with Crippen molar-refractivity contribution in [3.8, 4) is 0 Å². The van der Waals surface area contributed by atoms with Gasteiger partial charge in [0.05, 0.1) is 13.2 Å². The molecular weight excluding hydrogens is 94.0 g/mol. The predicted molar refractivity (Wildman–Crippen MR) is 24.6 cm³/mol. The number of hydroxylamine groups is 1. The van der Waals surface area contributed by atoms with Crippen molar-refractivity contribution >= 4 is 0 Å². The molecule has 2 N–H and O–H groups in total.